The van der Waals surface area contributed by atoms with Crippen molar-refractivity contribution < 1.29 is 24.0 Å². The number of anilines is 2. The fourth-order valence-corrected chi connectivity index (χ4v) is 6.67. The summed E-state index contributed by atoms with van der Waals surface area (Å²) in [7, 11) is 1.36. The Morgan fingerprint density at radius 1 is 1.02 bits per heavy atom. The molecule has 4 heterocycles. The number of nitro benzene ring substituents is 1. The van der Waals surface area contributed by atoms with Gasteiger partial charge in [0.1, 0.15) is 17.0 Å². The van der Waals surface area contributed by atoms with Crippen molar-refractivity contribution in [1.29, 1.82) is 0 Å². The van der Waals surface area contributed by atoms with Crippen LogP contribution in [0.1, 0.15) is 11.1 Å². The van der Waals surface area contributed by atoms with Crippen molar-refractivity contribution in [2.24, 2.45) is 11.8 Å². The second-order valence-corrected chi connectivity index (χ2v) is 10.3. The summed E-state index contributed by atoms with van der Waals surface area (Å²) >= 11 is 0. The maximum absolute atomic E-state index is 14.3. The zero-order valence-electron chi connectivity index (χ0n) is 21.2. The Balaban J connectivity index is 1.39. The maximum Gasteiger partial charge on any atom is 0.271 e. The van der Waals surface area contributed by atoms with Gasteiger partial charge in [0.05, 0.1) is 23.9 Å². The number of imide groups is 1. The van der Waals surface area contributed by atoms with E-state index in [2.05, 4.69) is 15.6 Å². The highest BCUT2D eigenvalue weighted by Gasteiger charge is 2.70. The van der Waals surface area contributed by atoms with Gasteiger partial charge in [-0.05, 0) is 30.2 Å². The Morgan fingerprint density at radius 2 is 1.80 bits per heavy atom. The molecule has 1 spiro atoms. The van der Waals surface area contributed by atoms with Gasteiger partial charge in [-0.1, -0.05) is 36.4 Å². The average molecular weight is 538 g/mol. The van der Waals surface area contributed by atoms with Gasteiger partial charge < -0.3 is 15.0 Å². The van der Waals surface area contributed by atoms with Crippen LogP contribution in [0.4, 0.5) is 17.1 Å². The number of ether oxygens (including phenoxy) is 1. The van der Waals surface area contributed by atoms with Crippen molar-refractivity contribution in [3.63, 3.8) is 0 Å². The highest BCUT2D eigenvalue weighted by molar-refractivity contribution is 6.26. The molecule has 0 unspecified atom stereocenters. The first-order valence-electron chi connectivity index (χ1n) is 12.8. The number of carbonyl (C=O) groups is 3. The largest absolute Gasteiger partial charge is 0.495 e. The van der Waals surface area contributed by atoms with Crippen molar-refractivity contribution in [3.05, 3.63) is 94.2 Å². The lowest BCUT2D eigenvalue weighted by Crippen LogP contribution is -2.53. The lowest BCUT2D eigenvalue weighted by atomic mass is 9.76. The number of aromatic nitrogens is 1. The van der Waals surface area contributed by atoms with E-state index in [1.807, 2.05) is 30.5 Å². The summed E-state index contributed by atoms with van der Waals surface area (Å²) in [5.41, 5.74) is 1.22. The quantitative estimate of drug-likeness (QED) is 0.201. The number of nitrogens with zero attached hydrogens (tertiary/aromatic N) is 2. The molecule has 0 aliphatic carbocycles. The van der Waals surface area contributed by atoms with Gasteiger partial charge in [-0.15, -0.1) is 0 Å². The molecule has 4 atom stereocenters. The third kappa shape index (κ3) is 3.12. The van der Waals surface area contributed by atoms with Crippen LogP contribution in [0.5, 0.6) is 5.75 Å². The van der Waals surface area contributed by atoms with Crippen LogP contribution in [-0.2, 0) is 26.3 Å². The van der Waals surface area contributed by atoms with E-state index in [9.17, 15) is 24.5 Å². The highest BCUT2D eigenvalue weighted by atomic mass is 16.6. The van der Waals surface area contributed by atoms with Crippen molar-refractivity contribution in [1.82, 2.24) is 10.3 Å². The number of nitro groups is 1. The molecule has 4 aromatic rings. The lowest BCUT2D eigenvalue weighted by molar-refractivity contribution is -0.384. The highest BCUT2D eigenvalue weighted by Crippen LogP contribution is 2.54. The molecule has 11 heteroatoms. The van der Waals surface area contributed by atoms with E-state index in [0.717, 1.165) is 27.4 Å². The minimum absolute atomic E-state index is 0.0196. The van der Waals surface area contributed by atoms with Crippen LogP contribution in [0.3, 0.4) is 0 Å². The predicted octanol–water partition coefficient (Wildman–Crippen LogP) is 3.25. The van der Waals surface area contributed by atoms with E-state index in [-0.39, 0.29) is 17.1 Å². The molecule has 7 rings (SSSR count). The standard InChI is InChI=1S/C29H23N5O6/c1-40-23-11-10-16(34(38)39)13-22(23)33-26(35)24-21(12-15-14-30-19-8-4-2-6-17(15)19)32-29(25(24)27(33)36)18-7-3-5-9-20(18)31-28(29)37/h2-11,13-14,21,24-25,30,32H,12H2,1H3,(H,31,37)/t21-,24-,25-,29+/m0/s1. The monoisotopic (exact) mass is 537 g/mol. The summed E-state index contributed by atoms with van der Waals surface area (Å²) < 4.78 is 5.40. The number of aromatic amines is 1. The number of carbonyl (C=O) groups excluding carboxylic acids is 3. The summed E-state index contributed by atoms with van der Waals surface area (Å²) in [4.78, 5) is 57.4. The van der Waals surface area contributed by atoms with Gasteiger partial charge in [0.2, 0.25) is 17.7 Å². The van der Waals surface area contributed by atoms with E-state index in [0.29, 0.717) is 17.7 Å². The summed E-state index contributed by atoms with van der Waals surface area (Å²) in [5.74, 6) is -3.43. The number of H-pyrrole nitrogens is 1. The van der Waals surface area contributed by atoms with E-state index in [1.54, 1.807) is 24.3 Å². The van der Waals surface area contributed by atoms with E-state index >= 15 is 0 Å². The second-order valence-electron chi connectivity index (χ2n) is 10.3. The van der Waals surface area contributed by atoms with Gasteiger partial charge in [-0.2, -0.15) is 0 Å². The molecule has 0 radical (unpaired) electrons. The molecule has 3 N–H and O–H groups in total. The number of para-hydroxylation sites is 2. The van der Waals surface area contributed by atoms with Gasteiger partial charge in [-0.25, -0.2) is 4.90 Å². The topological polar surface area (TPSA) is 147 Å². The van der Waals surface area contributed by atoms with Crippen LogP contribution in [0, 0.1) is 22.0 Å². The number of benzene rings is 3. The van der Waals surface area contributed by atoms with Crippen LogP contribution < -0.4 is 20.3 Å². The number of nitrogens with one attached hydrogen (secondary N) is 3. The average Bonchev–Trinajstić information content (AvgIpc) is 3.67. The predicted molar refractivity (Wildman–Crippen MR) is 145 cm³/mol. The molecule has 3 aliphatic rings. The second kappa shape index (κ2) is 8.48. The number of hydrogen-bond donors (Lipinski definition) is 3. The van der Waals surface area contributed by atoms with Crippen LogP contribution in [-0.4, -0.2) is 40.8 Å². The first-order chi connectivity index (χ1) is 19.3. The number of methoxy groups -OCH3 is 1. The van der Waals surface area contributed by atoms with Crippen LogP contribution >= 0.6 is 0 Å². The molecule has 0 saturated carbocycles. The molecule has 2 fully saturated rings. The molecule has 1 aromatic heterocycles. The van der Waals surface area contributed by atoms with Gasteiger partial charge in [0.25, 0.3) is 5.69 Å². The Morgan fingerprint density at radius 3 is 2.60 bits per heavy atom. The van der Waals surface area contributed by atoms with Gasteiger partial charge in [0, 0.05) is 46.5 Å². The Hall–Kier alpha value is -5.03. The Labute approximate surface area is 227 Å². The molecule has 200 valence electrons. The molecule has 3 amide bonds. The summed E-state index contributed by atoms with van der Waals surface area (Å²) in [6.45, 7) is 0. The summed E-state index contributed by atoms with van der Waals surface area (Å²) in [6.07, 6.45) is 2.24. The van der Waals surface area contributed by atoms with Crippen LogP contribution in [0.15, 0.2) is 72.9 Å². The van der Waals surface area contributed by atoms with Crippen molar-refractivity contribution in [2.45, 2.75) is 18.0 Å². The van der Waals surface area contributed by atoms with Crippen LogP contribution in [0.2, 0.25) is 0 Å². The molecule has 40 heavy (non-hydrogen) atoms. The third-order valence-electron chi connectivity index (χ3n) is 8.35. The van der Waals surface area contributed by atoms with Gasteiger partial charge in [-0.3, -0.25) is 29.8 Å². The van der Waals surface area contributed by atoms with Gasteiger partial charge in [0.15, 0.2) is 0 Å². The molecule has 0 bridgehead atoms. The van der Waals surface area contributed by atoms with E-state index in [1.165, 1.54) is 19.2 Å². The maximum atomic E-state index is 14.3. The zero-order chi connectivity index (χ0) is 27.8. The third-order valence-corrected chi connectivity index (χ3v) is 8.35. The number of fused-ring (bicyclic) bond motifs is 5. The van der Waals surface area contributed by atoms with Crippen molar-refractivity contribution in [2.75, 3.05) is 17.3 Å². The molecule has 2 saturated heterocycles. The number of rotatable bonds is 5. The molecular weight excluding hydrogens is 514 g/mol. The number of hydrogen-bond acceptors (Lipinski definition) is 7. The fraction of sp³-hybridized carbons (Fsp3) is 0.207. The first-order valence-corrected chi connectivity index (χ1v) is 12.8. The van der Waals surface area contributed by atoms with Crippen molar-refractivity contribution in [3.8, 4) is 5.75 Å². The Kier molecular flexibility index (Phi) is 5.10. The SMILES string of the molecule is COc1ccc([N+](=O)[O-])cc1N1C(=O)[C@H]2[C@H](Cc3c[nH]c4ccccc34)N[C@@]3(C(=O)Nc4ccccc43)[C@@H]2C1=O. The van der Waals surface area contributed by atoms with E-state index in [4.69, 9.17) is 4.74 Å². The molecule has 3 aliphatic heterocycles. The fourth-order valence-electron chi connectivity index (χ4n) is 6.67. The minimum Gasteiger partial charge on any atom is -0.495 e. The first kappa shape index (κ1) is 24.0. The smallest absolute Gasteiger partial charge is 0.271 e. The zero-order valence-corrected chi connectivity index (χ0v) is 21.2. The molecular formula is C29H23N5O6. The minimum atomic E-state index is -1.49. The molecule has 3 aromatic carbocycles. The molecule has 11 nitrogen and oxygen atoms in total. The number of amides is 3. The van der Waals surface area contributed by atoms with Crippen molar-refractivity contribution >= 4 is 45.7 Å². The summed E-state index contributed by atoms with van der Waals surface area (Å²) in [6, 6.07) is 18.1. The number of non-ortho nitro benzene ring substituents is 1. The normalized spacial score (nSPS) is 25.0. The Bertz CT molecular complexity index is 1760. The van der Waals surface area contributed by atoms with Gasteiger partial charge >= 0.3 is 0 Å². The lowest BCUT2D eigenvalue weighted by Gasteiger charge is -2.29. The summed E-state index contributed by atoms with van der Waals surface area (Å²) in [5, 5.41) is 18.9. The van der Waals surface area contributed by atoms with E-state index < -0.39 is 46.1 Å². The van der Waals surface area contributed by atoms with Crippen LogP contribution in [0.25, 0.3) is 10.9 Å².